The molecule has 5 nitrogen and oxygen atoms in total. The third-order valence-electron chi connectivity index (χ3n) is 6.72. The monoisotopic (exact) mass is 389 g/mol. The van der Waals surface area contributed by atoms with Crippen molar-refractivity contribution in [3.8, 4) is 0 Å². The molecule has 2 aliphatic heterocycles. The average molecular weight is 389 g/mol. The van der Waals surface area contributed by atoms with E-state index in [1.54, 1.807) is 0 Å². The summed E-state index contributed by atoms with van der Waals surface area (Å²) in [6.07, 6.45) is 2.15. The SMILES string of the molecule is CN1C[C@H]2CN(Cc3ccc4ccn(Cc5ccccc5)c4c3)C[C@@]2(C(=O)O)C1. The van der Waals surface area contributed by atoms with Crippen LogP contribution in [0.4, 0.5) is 0 Å². The summed E-state index contributed by atoms with van der Waals surface area (Å²) < 4.78 is 2.29. The fourth-order valence-corrected chi connectivity index (χ4v) is 5.35. The zero-order valence-electron chi connectivity index (χ0n) is 16.8. The molecular formula is C24H27N3O2. The quantitative estimate of drug-likeness (QED) is 0.728. The maximum atomic E-state index is 12.1. The third-order valence-corrected chi connectivity index (χ3v) is 6.72. The Morgan fingerprint density at radius 3 is 2.62 bits per heavy atom. The van der Waals surface area contributed by atoms with Crippen LogP contribution in [0.15, 0.2) is 60.8 Å². The van der Waals surface area contributed by atoms with Crippen LogP contribution in [0.5, 0.6) is 0 Å². The van der Waals surface area contributed by atoms with Crippen LogP contribution in [0, 0.1) is 11.3 Å². The van der Waals surface area contributed by atoms with E-state index < -0.39 is 11.4 Å². The summed E-state index contributed by atoms with van der Waals surface area (Å²) in [5.74, 6) is -0.419. The zero-order valence-corrected chi connectivity index (χ0v) is 16.8. The predicted octanol–water partition coefficient (Wildman–Crippen LogP) is 3.14. The summed E-state index contributed by atoms with van der Waals surface area (Å²) in [6.45, 7) is 4.69. The first-order chi connectivity index (χ1) is 14.0. The number of carboxylic acids is 1. The lowest BCUT2D eigenvalue weighted by Gasteiger charge is -2.24. The summed E-state index contributed by atoms with van der Waals surface area (Å²) in [5, 5.41) is 11.2. The van der Waals surface area contributed by atoms with Gasteiger partial charge in [0, 0.05) is 56.9 Å². The number of carbonyl (C=O) groups is 1. The average Bonchev–Trinajstić information content (AvgIpc) is 3.33. The summed E-state index contributed by atoms with van der Waals surface area (Å²) >= 11 is 0. The molecule has 2 fully saturated rings. The zero-order chi connectivity index (χ0) is 20.0. The van der Waals surface area contributed by atoms with Crippen molar-refractivity contribution in [1.82, 2.24) is 14.4 Å². The molecule has 2 aliphatic rings. The second-order valence-corrected chi connectivity index (χ2v) is 8.85. The van der Waals surface area contributed by atoms with Gasteiger partial charge in [-0.05, 0) is 35.7 Å². The van der Waals surface area contributed by atoms with E-state index >= 15 is 0 Å². The van der Waals surface area contributed by atoms with Gasteiger partial charge in [0.05, 0.1) is 5.41 Å². The second-order valence-electron chi connectivity index (χ2n) is 8.85. The van der Waals surface area contributed by atoms with Crippen molar-refractivity contribution in [2.24, 2.45) is 11.3 Å². The van der Waals surface area contributed by atoms with E-state index in [1.165, 1.54) is 22.0 Å². The highest BCUT2D eigenvalue weighted by molar-refractivity contribution is 5.81. The fraction of sp³-hybridized carbons (Fsp3) is 0.375. The minimum absolute atomic E-state index is 0.218. The third kappa shape index (κ3) is 3.24. The van der Waals surface area contributed by atoms with Crippen molar-refractivity contribution < 1.29 is 9.90 Å². The number of fused-ring (bicyclic) bond motifs is 2. The fourth-order valence-electron chi connectivity index (χ4n) is 5.35. The van der Waals surface area contributed by atoms with E-state index in [-0.39, 0.29) is 5.92 Å². The normalized spacial score (nSPS) is 24.9. The smallest absolute Gasteiger partial charge is 0.312 e. The molecule has 0 spiro atoms. The summed E-state index contributed by atoms with van der Waals surface area (Å²) in [6, 6.07) is 19.3. The van der Waals surface area contributed by atoms with Crippen LogP contribution in [-0.4, -0.2) is 58.7 Å². The molecule has 0 saturated carbocycles. The molecule has 150 valence electrons. The van der Waals surface area contributed by atoms with Gasteiger partial charge in [-0.25, -0.2) is 0 Å². The van der Waals surface area contributed by atoms with Crippen molar-refractivity contribution in [1.29, 1.82) is 0 Å². The molecule has 0 unspecified atom stereocenters. The topological polar surface area (TPSA) is 48.7 Å². The molecule has 1 N–H and O–H groups in total. The van der Waals surface area contributed by atoms with Crippen LogP contribution in [0.25, 0.3) is 10.9 Å². The van der Waals surface area contributed by atoms with Crippen LogP contribution >= 0.6 is 0 Å². The van der Waals surface area contributed by atoms with Gasteiger partial charge < -0.3 is 14.6 Å². The van der Waals surface area contributed by atoms with Gasteiger partial charge >= 0.3 is 5.97 Å². The van der Waals surface area contributed by atoms with Gasteiger partial charge in [0.2, 0.25) is 0 Å². The first-order valence-electron chi connectivity index (χ1n) is 10.3. The minimum atomic E-state index is -0.637. The van der Waals surface area contributed by atoms with Crippen LogP contribution < -0.4 is 0 Å². The van der Waals surface area contributed by atoms with Crippen molar-refractivity contribution in [2.75, 3.05) is 33.2 Å². The highest BCUT2D eigenvalue weighted by Crippen LogP contribution is 2.42. The standard InChI is InChI=1S/C24H27N3O2/c1-25-14-21-15-26(17-24(21,16-25)23(28)29)12-19-7-8-20-9-10-27(22(20)11-19)13-18-5-3-2-4-6-18/h2-11,21H,12-17H2,1H3,(H,28,29)/t21-,24-/m0/s1. The summed E-state index contributed by atoms with van der Waals surface area (Å²) in [4.78, 5) is 16.5. The Hall–Kier alpha value is -2.63. The van der Waals surface area contributed by atoms with Crippen molar-refractivity contribution in [3.05, 3.63) is 71.9 Å². The Kier molecular flexibility index (Phi) is 4.45. The number of nitrogens with zero attached hydrogens (tertiary/aromatic N) is 3. The Balaban J connectivity index is 1.36. The first kappa shape index (κ1) is 18.4. The molecule has 2 saturated heterocycles. The van der Waals surface area contributed by atoms with Crippen molar-refractivity contribution in [2.45, 2.75) is 13.1 Å². The van der Waals surface area contributed by atoms with E-state index in [9.17, 15) is 9.90 Å². The maximum absolute atomic E-state index is 12.1. The van der Waals surface area contributed by atoms with Gasteiger partial charge in [-0.15, -0.1) is 0 Å². The van der Waals surface area contributed by atoms with E-state index in [0.717, 1.165) is 26.2 Å². The van der Waals surface area contributed by atoms with Crippen LogP contribution in [0.1, 0.15) is 11.1 Å². The summed E-state index contributed by atoms with van der Waals surface area (Å²) in [7, 11) is 2.03. The number of hydrogen-bond acceptors (Lipinski definition) is 3. The molecule has 2 aromatic carbocycles. The molecule has 5 heteroatoms. The lowest BCUT2D eigenvalue weighted by Crippen LogP contribution is -2.40. The molecule has 5 rings (SSSR count). The van der Waals surface area contributed by atoms with Gasteiger partial charge in [-0.2, -0.15) is 0 Å². The van der Waals surface area contributed by atoms with Gasteiger partial charge in [0.25, 0.3) is 0 Å². The molecule has 1 aromatic heterocycles. The molecule has 3 heterocycles. The van der Waals surface area contributed by atoms with Gasteiger partial charge in [-0.3, -0.25) is 9.69 Å². The Morgan fingerprint density at radius 2 is 1.86 bits per heavy atom. The molecule has 2 atom stereocenters. The second kappa shape index (κ2) is 7.01. The molecule has 29 heavy (non-hydrogen) atoms. The molecular weight excluding hydrogens is 362 g/mol. The Bertz CT molecular complexity index is 1040. The highest BCUT2D eigenvalue weighted by Gasteiger charge is 2.56. The molecule has 0 aliphatic carbocycles. The molecule has 0 amide bonds. The van der Waals surface area contributed by atoms with E-state index in [1.807, 2.05) is 13.1 Å². The van der Waals surface area contributed by atoms with Crippen LogP contribution in [0.2, 0.25) is 0 Å². The number of carboxylic acid groups (broad SMARTS) is 1. The highest BCUT2D eigenvalue weighted by atomic mass is 16.4. The predicted molar refractivity (Wildman–Crippen MR) is 114 cm³/mol. The lowest BCUT2D eigenvalue weighted by molar-refractivity contribution is -0.148. The van der Waals surface area contributed by atoms with E-state index in [2.05, 4.69) is 69.1 Å². The number of aromatic nitrogens is 1. The van der Waals surface area contributed by atoms with Crippen molar-refractivity contribution >= 4 is 16.9 Å². The Labute approximate surface area is 171 Å². The molecule has 3 aromatic rings. The Morgan fingerprint density at radius 1 is 1.03 bits per heavy atom. The first-order valence-corrected chi connectivity index (χ1v) is 10.3. The molecule has 0 bridgehead atoms. The maximum Gasteiger partial charge on any atom is 0.312 e. The lowest BCUT2D eigenvalue weighted by atomic mass is 9.81. The van der Waals surface area contributed by atoms with Gasteiger partial charge in [0.1, 0.15) is 0 Å². The summed E-state index contributed by atoms with van der Waals surface area (Å²) in [5.41, 5.74) is 3.17. The van der Waals surface area contributed by atoms with E-state index in [0.29, 0.717) is 13.1 Å². The number of aliphatic carboxylic acids is 1. The van der Waals surface area contributed by atoms with Crippen molar-refractivity contribution in [3.63, 3.8) is 0 Å². The number of likely N-dealkylation sites (tertiary alicyclic amines) is 2. The number of rotatable bonds is 5. The van der Waals surface area contributed by atoms with Crippen LogP contribution in [-0.2, 0) is 17.9 Å². The molecule has 0 radical (unpaired) electrons. The van der Waals surface area contributed by atoms with Crippen LogP contribution in [0.3, 0.4) is 0 Å². The van der Waals surface area contributed by atoms with Gasteiger partial charge in [-0.1, -0.05) is 42.5 Å². The van der Waals surface area contributed by atoms with Gasteiger partial charge in [0.15, 0.2) is 0 Å². The number of benzene rings is 2. The minimum Gasteiger partial charge on any atom is -0.481 e. The number of hydrogen-bond donors (Lipinski definition) is 1. The van der Waals surface area contributed by atoms with E-state index in [4.69, 9.17) is 0 Å². The largest absolute Gasteiger partial charge is 0.481 e.